The molecule has 0 spiro atoms. The Kier molecular flexibility index (Phi) is 6.14. The summed E-state index contributed by atoms with van der Waals surface area (Å²) < 4.78 is 21.9. The fraction of sp³-hybridized carbons (Fsp3) is 0.412. The quantitative estimate of drug-likeness (QED) is 0.267. The van der Waals surface area contributed by atoms with E-state index in [9.17, 15) is 24.7 Å². The van der Waals surface area contributed by atoms with Gasteiger partial charge in [0.1, 0.15) is 23.6 Å². The lowest BCUT2D eigenvalue weighted by Crippen LogP contribution is -2.63. The largest absolute Gasteiger partial charge is 0.469 e. The van der Waals surface area contributed by atoms with E-state index in [2.05, 4.69) is 9.51 Å². The standard InChI is InChI=1S/C17H22N3O9P/c18-13-6-7-20(15(23)19-13)17(10-21)16(24,8-11-4-2-1-3-5-11)14(22)12(29-17)9-28-30(25,26)27/h1-7,12,14,21-22,24H,8-10H2,(H2,18,19,23)(H2,25,26,27)/t12-,14-,16-,17-/m1/s1. The number of nitrogens with zero attached hydrogens (tertiary/aromatic N) is 2. The second kappa shape index (κ2) is 8.17. The van der Waals surface area contributed by atoms with Crippen LogP contribution in [-0.4, -0.2) is 65.7 Å². The molecular weight excluding hydrogens is 421 g/mol. The summed E-state index contributed by atoms with van der Waals surface area (Å²) in [6, 6.07) is 9.64. The SMILES string of the molecule is Nc1ccn([C@]2(CO)O[C@H](COP(=O)(O)O)[C@@H](O)[C@]2(O)Cc2ccccc2)c(=O)n1. The molecule has 1 aromatic heterocycles. The maximum Gasteiger partial charge on any atom is 0.469 e. The molecule has 1 fully saturated rings. The third-order valence-electron chi connectivity index (χ3n) is 5.02. The molecule has 1 saturated heterocycles. The van der Waals surface area contributed by atoms with Gasteiger partial charge in [-0.15, -0.1) is 0 Å². The van der Waals surface area contributed by atoms with Crippen molar-refractivity contribution in [1.29, 1.82) is 0 Å². The number of aromatic nitrogens is 2. The van der Waals surface area contributed by atoms with Crippen molar-refractivity contribution in [3.8, 4) is 0 Å². The molecule has 0 aliphatic carbocycles. The van der Waals surface area contributed by atoms with Crippen LogP contribution in [0, 0.1) is 0 Å². The van der Waals surface area contributed by atoms with Gasteiger partial charge >= 0.3 is 13.5 Å². The van der Waals surface area contributed by atoms with Gasteiger partial charge in [0, 0.05) is 12.6 Å². The Morgan fingerprint density at radius 1 is 1.27 bits per heavy atom. The van der Waals surface area contributed by atoms with E-state index in [0.29, 0.717) is 5.56 Å². The number of hydrogen-bond acceptors (Lipinski definition) is 9. The van der Waals surface area contributed by atoms with Gasteiger partial charge in [0.25, 0.3) is 0 Å². The van der Waals surface area contributed by atoms with Crippen molar-refractivity contribution in [3.05, 3.63) is 58.6 Å². The number of phosphoric acid groups is 1. The number of nitrogen functional groups attached to an aromatic ring is 1. The zero-order valence-corrected chi connectivity index (χ0v) is 16.5. The first-order valence-corrected chi connectivity index (χ1v) is 10.3. The second-order valence-corrected chi connectivity index (χ2v) is 8.16. The maximum absolute atomic E-state index is 12.5. The summed E-state index contributed by atoms with van der Waals surface area (Å²) in [5.74, 6) is -0.115. The summed E-state index contributed by atoms with van der Waals surface area (Å²) in [5, 5.41) is 32.7. The number of anilines is 1. The summed E-state index contributed by atoms with van der Waals surface area (Å²) in [6.07, 6.45) is -2.45. The number of aliphatic hydroxyl groups is 3. The first-order valence-electron chi connectivity index (χ1n) is 8.81. The lowest BCUT2D eigenvalue weighted by Gasteiger charge is -2.41. The van der Waals surface area contributed by atoms with Crippen molar-refractivity contribution in [2.45, 2.75) is 30.0 Å². The van der Waals surface area contributed by atoms with Crippen molar-refractivity contribution >= 4 is 13.6 Å². The molecule has 2 aromatic rings. The molecule has 4 atom stereocenters. The molecule has 30 heavy (non-hydrogen) atoms. The fourth-order valence-corrected chi connectivity index (χ4v) is 3.95. The van der Waals surface area contributed by atoms with Crippen molar-refractivity contribution < 1.29 is 38.9 Å². The van der Waals surface area contributed by atoms with Gasteiger partial charge < -0.3 is 35.6 Å². The van der Waals surface area contributed by atoms with E-state index >= 15 is 0 Å². The molecule has 0 unspecified atom stereocenters. The van der Waals surface area contributed by atoms with Crippen LogP contribution in [0.5, 0.6) is 0 Å². The van der Waals surface area contributed by atoms with Crippen LogP contribution < -0.4 is 11.4 Å². The molecule has 0 amide bonds. The maximum atomic E-state index is 12.5. The highest BCUT2D eigenvalue weighted by atomic mass is 31.2. The van der Waals surface area contributed by atoms with Crippen molar-refractivity contribution in [3.63, 3.8) is 0 Å². The van der Waals surface area contributed by atoms with E-state index in [1.54, 1.807) is 30.3 Å². The van der Waals surface area contributed by atoms with Crippen LogP contribution in [0.3, 0.4) is 0 Å². The van der Waals surface area contributed by atoms with Crippen LogP contribution >= 0.6 is 7.82 Å². The predicted molar refractivity (Wildman–Crippen MR) is 102 cm³/mol. The van der Waals surface area contributed by atoms with E-state index < -0.39 is 50.3 Å². The Morgan fingerprint density at radius 3 is 2.50 bits per heavy atom. The smallest absolute Gasteiger partial charge is 0.391 e. The molecule has 0 bridgehead atoms. The molecule has 1 aliphatic heterocycles. The van der Waals surface area contributed by atoms with Crippen LogP contribution in [-0.2, 0) is 26.0 Å². The van der Waals surface area contributed by atoms with Crippen LogP contribution in [0.25, 0.3) is 0 Å². The summed E-state index contributed by atoms with van der Waals surface area (Å²) in [4.78, 5) is 34.0. The Bertz CT molecular complexity index is 997. The highest BCUT2D eigenvalue weighted by Crippen LogP contribution is 2.46. The van der Waals surface area contributed by atoms with E-state index in [1.165, 1.54) is 6.07 Å². The van der Waals surface area contributed by atoms with Gasteiger partial charge in [-0.05, 0) is 11.6 Å². The lowest BCUT2D eigenvalue weighted by atomic mass is 9.80. The van der Waals surface area contributed by atoms with Crippen LogP contribution in [0.2, 0.25) is 0 Å². The second-order valence-electron chi connectivity index (χ2n) is 6.92. The molecule has 0 saturated carbocycles. The minimum Gasteiger partial charge on any atom is -0.391 e. The molecule has 0 radical (unpaired) electrons. The lowest BCUT2D eigenvalue weighted by molar-refractivity contribution is -0.217. The van der Waals surface area contributed by atoms with E-state index in [0.717, 1.165) is 10.8 Å². The third-order valence-corrected chi connectivity index (χ3v) is 5.50. The normalized spacial score (nSPS) is 29.2. The first-order chi connectivity index (χ1) is 14.0. The number of benzene rings is 1. The summed E-state index contributed by atoms with van der Waals surface area (Å²) >= 11 is 0. The molecule has 1 aliphatic rings. The predicted octanol–water partition coefficient (Wildman–Crippen LogP) is -1.69. The summed E-state index contributed by atoms with van der Waals surface area (Å²) in [6.45, 7) is -1.80. The third kappa shape index (κ3) is 4.04. The molecular formula is C17H22N3O9P. The Balaban J connectivity index is 2.12. The van der Waals surface area contributed by atoms with Crippen molar-refractivity contribution in [2.75, 3.05) is 18.9 Å². The summed E-state index contributed by atoms with van der Waals surface area (Å²) in [7, 11) is -4.92. The van der Waals surface area contributed by atoms with Crippen LogP contribution in [0.15, 0.2) is 47.4 Å². The Hall–Kier alpha value is -2.15. The molecule has 2 heterocycles. The number of ether oxygens (including phenoxy) is 1. The van der Waals surface area contributed by atoms with Crippen LogP contribution in [0.1, 0.15) is 5.56 Å². The van der Waals surface area contributed by atoms with E-state index in [-0.39, 0.29) is 12.2 Å². The zero-order chi connectivity index (χ0) is 22.2. The first kappa shape index (κ1) is 22.5. The molecule has 13 heteroatoms. The van der Waals surface area contributed by atoms with Gasteiger partial charge in [0.2, 0.25) is 5.72 Å². The van der Waals surface area contributed by atoms with Crippen LogP contribution in [0.4, 0.5) is 5.82 Å². The monoisotopic (exact) mass is 443 g/mol. The average molecular weight is 443 g/mol. The van der Waals surface area contributed by atoms with Crippen molar-refractivity contribution in [1.82, 2.24) is 9.55 Å². The summed E-state index contributed by atoms with van der Waals surface area (Å²) in [5.41, 5.74) is 0.510. The molecule has 3 rings (SSSR count). The average Bonchev–Trinajstić information content (AvgIpc) is 2.88. The minimum absolute atomic E-state index is 0.115. The van der Waals surface area contributed by atoms with Gasteiger partial charge in [0.15, 0.2) is 0 Å². The minimum atomic E-state index is -4.92. The number of nitrogens with two attached hydrogens (primary N) is 1. The van der Waals surface area contributed by atoms with Gasteiger partial charge in [-0.2, -0.15) is 4.98 Å². The molecule has 12 nitrogen and oxygen atoms in total. The number of hydrogen-bond donors (Lipinski definition) is 6. The topological polar surface area (TPSA) is 198 Å². The van der Waals surface area contributed by atoms with Gasteiger partial charge in [-0.25, -0.2) is 9.36 Å². The van der Waals surface area contributed by atoms with Gasteiger partial charge in [0.05, 0.1) is 13.2 Å². The molecule has 1 aromatic carbocycles. The van der Waals surface area contributed by atoms with Gasteiger partial charge in [-0.1, -0.05) is 30.3 Å². The Morgan fingerprint density at radius 2 is 1.93 bits per heavy atom. The van der Waals surface area contributed by atoms with E-state index in [4.69, 9.17) is 20.3 Å². The van der Waals surface area contributed by atoms with Gasteiger partial charge in [-0.3, -0.25) is 9.09 Å². The highest BCUT2D eigenvalue weighted by Gasteiger charge is 2.66. The fourth-order valence-electron chi connectivity index (χ4n) is 3.61. The zero-order valence-electron chi connectivity index (χ0n) is 15.6. The Labute approximate surface area is 170 Å². The van der Waals surface area contributed by atoms with Crippen molar-refractivity contribution in [2.24, 2.45) is 0 Å². The highest BCUT2D eigenvalue weighted by molar-refractivity contribution is 7.46. The number of phosphoric ester groups is 1. The van der Waals surface area contributed by atoms with E-state index in [1.807, 2.05) is 0 Å². The molecule has 7 N–H and O–H groups in total. The number of rotatable bonds is 7. The number of aliphatic hydroxyl groups excluding tert-OH is 2. The molecule has 164 valence electrons.